The van der Waals surface area contributed by atoms with Crippen LogP contribution in [0.2, 0.25) is 0 Å². The van der Waals surface area contributed by atoms with Crippen molar-refractivity contribution < 1.29 is 18.9 Å². The van der Waals surface area contributed by atoms with Crippen LogP contribution < -0.4 is 24.3 Å². The number of anilines is 1. The first-order valence-corrected chi connectivity index (χ1v) is 8.25. The number of fused-ring (bicyclic) bond motifs is 1. The van der Waals surface area contributed by atoms with E-state index in [4.69, 9.17) is 18.9 Å². The highest BCUT2D eigenvalue weighted by Gasteiger charge is 2.14. The minimum Gasteiger partial charge on any atom is -0.493 e. The van der Waals surface area contributed by atoms with Gasteiger partial charge in [-0.25, -0.2) is 0 Å². The quantitative estimate of drug-likeness (QED) is 0.703. The molecular formula is C21H23NO4. The lowest BCUT2D eigenvalue weighted by Gasteiger charge is -2.16. The predicted octanol–water partition coefficient (Wildman–Crippen LogP) is 4.58. The van der Waals surface area contributed by atoms with Crippen LogP contribution in [0.25, 0.3) is 21.9 Å². The number of hydrogen-bond acceptors (Lipinski definition) is 5. The Labute approximate surface area is 153 Å². The fourth-order valence-electron chi connectivity index (χ4n) is 3.16. The van der Waals surface area contributed by atoms with Crippen molar-refractivity contribution in [3.8, 4) is 34.1 Å². The van der Waals surface area contributed by atoms with Crippen molar-refractivity contribution in [3.63, 3.8) is 0 Å². The van der Waals surface area contributed by atoms with E-state index >= 15 is 0 Å². The van der Waals surface area contributed by atoms with E-state index in [1.165, 1.54) is 0 Å². The monoisotopic (exact) mass is 353 g/mol. The number of ether oxygens (including phenoxy) is 4. The van der Waals surface area contributed by atoms with Crippen LogP contribution in [0.4, 0.5) is 5.69 Å². The standard InChI is InChI=1S/C21H23NO4/c1-22-21-15(13-7-9-17(23-2)18(10-13)24-3)8-6-14-11-19(25-4)20(26-5)12-16(14)21/h6-12,22H,1-5H3. The third kappa shape index (κ3) is 2.96. The third-order valence-electron chi connectivity index (χ3n) is 4.47. The van der Waals surface area contributed by atoms with E-state index in [9.17, 15) is 0 Å². The van der Waals surface area contributed by atoms with Gasteiger partial charge in [0.05, 0.1) is 28.4 Å². The molecule has 5 nitrogen and oxygen atoms in total. The molecule has 0 aliphatic heterocycles. The van der Waals surface area contributed by atoms with Crippen molar-refractivity contribution in [2.75, 3.05) is 40.8 Å². The van der Waals surface area contributed by atoms with E-state index in [2.05, 4.69) is 17.4 Å². The van der Waals surface area contributed by atoms with Gasteiger partial charge >= 0.3 is 0 Å². The Balaban J connectivity index is 2.24. The second kappa shape index (κ2) is 7.44. The van der Waals surface area contributed by atoms with Gasteiger partial charge in [0.15, 0.2) is 23.0 Å². The molecule has 0 saturated carbocycles. The van der Waals surface area contributed by atoms with E-state index in [0.717, 1.165) is 27.6 Å². The number of hydrogen-bond donors (Lipinski definition) is 1. The maximum Gasteiger partial charge on any atom is 0.161 e. The Kier molecular flexibility index (Phi) is 5.07. The molecule has 26 heavy (non-hydrogen) atoms. The summed E-state index contributed by atoms with van der Waals surface area (Å²) in [5.74, 6) is 2.80. The van der Waals surface area contributed by atoms with E-state index in [1.54, 1.807) is 28.4 Å². The van der Waals surface area contributed by atoms with E-state index in [0.29, 0.717) is 23.0 Å². The zero-order valence-electron chi connectivity index (χ0n) is 15.7. The van der Waals surface area contributed by atoms with E-state index in [1.807, 2.05) is 37.4 Å². The molecule has 0 bridgehead atoms. The molecule has 5 heteroatoms. The van der Waals surface area contributed by atoms with Crippen molar-refractivity contribution in [2.45, 2.75) is 0 Å². The number of methoxy groups -OCH3 is 4. The first kappa shape index (κ1) is 17.7. The fraction of sp³-hybridized carbons (Fsp3) is 0.238. The third-order valence-corrected chi connectivity index (χ3v) is 4.47. The summed E-state index contributed by atoms with van der Waals surface area (Å²) in [7, 11) is 8.46. The highest BCUT2D eigenvalue weighted by atomic mass is 16.5. The van der Waals surface area contributed by atoms with Crippen molar-refractivity contribution in [1.82, 2.24) is 0 Å². The average molecular weight is 353 g/mol. The van der Waals surface area contributed by atoms with Crippen LogP contribution in [0.5, 0.6) is 23.0 Å². The molecule has 3 aromatic rings. The molecule has 0 unspecified atom stereocenters. The van der Waals surface area contributed by atoms with Crippen molar-refractivity contribution in [3.05, 3.63) is 42.5 Å². The summed E-state index contributed by atoms with van der Waals surface area (Å²) in [5, 5.41) is 5.44. The Bertz CT molecular complexity index is 937. The van der Waals surface area contributed by atoms with Crippen molar-refractivity contribution >= 4 is 16.5 Å². The van der Waals surface area contributed by atoms with Gasteiger partial charge in [0.25, 0.3) is 0 Å². The largest absolute Gasteiger partial charge is 0.493 e. The summed E-state index contributed by atoms with van der Waals surface area (Å²) in [4.78, 5) is 0. The molecule has 0 fully saturated rings. The number of benzene rings is 3. The normalized spacial score (nSPS) is 10.5. The Morgan fingerprint density at radius 2 is 1.27 bits per heavy atom. The van der Waals surface area contributed by atoms with Gasteiger partial charge < -0.3 is 24.3 Å². The summed E-state index contributed by atoms with van der Waals surface area (Å²) < 4.78 is 21.7. The molecule has 0 heterocycles. The van der Waals surface area contributed by atoms with Crippen molar-refractivity contribution in [1.29, 1.82) is 0 Å². The van der Waals surface area contributed by atoms with Crippen LogP contribution >= 0.6 is 0 Å². The van der Waals surface area contributed by atoms with Gasteiger partial charge in [-0.05, 0) is 35.2 Å². The van der Waals surface area contributed by atoms with Gasteiger partial charge in [-0.1, -0.05) is 18.2 Å². The minimum absolute atomic E-state index is 0.694. The van der Waals surface area contributed by atoms with Gasteiger partial charge in [0.2, 0.25) is 0 Å². The van der Waals surface area contributed by atoms with Gasteiger partial charge in [-0.15, -0.1) is 0 Å². The smallest absolute Gasteiger partial charge is 0.161 e. The molecule has 0 aliphatic carbocycles. The highest BCUT2D eigenvalue weighted by Crippen LogP contribution is 2.41. The van der Waals surface area contributed by atoms with Crippen LogP contribution in [0, 0.1) is 0 Å². The van der Waals surface area contributed by atoms with Crippen LogP contribution in [0.15, 0.2) is 42.5 Å². The summed E-state index contributed by atoms with van der Waals surface area (Å²) in [6, 6.07) is 14.0. The van der Waals surface area contributed by atoms with Gasteiger partial charge in [0, 0.05) is 23.7 Å². The van der Waals surface area contributed by atoms with Gasteiger partial charge in [-0.3, -0.25) is 0 Å². The molecule has 0 saturated heterocycles. The van der Waals surface area contributed by atoms with Gasteiger partial charge in [0.1, 0.15) is 0 Å². The predicted molar refractivity (Wildman–Crippen MR) is 105 cm³/mol. The lowest BCUT2D eigenvalue weighted by Crippen LogP contribution is -1.97. The topological polar surface area (TPSA) is 49.0 Å². The molecule has 0 amide bonds. The van der Waals surface area contributed by atoms with E-state index < -0.39 is 0 Å². The molecule has 0 radical (unpaired) electrons. The first-order valence-electron chi connectivity index (χ1n) is 8.25. The lowest BCUT2D eigenvalue weighted by atomic mass is 9.97. The SMILES string of the molecule is CNc1c(-c2ccc(OC)c(OC)c2)ccc2cc(OC)c(OC)cc12. The van der Waals surface area contributed by atoms with Gasteiger partial charge in [-0.2, -0.15) is 0 Å². The highest BCUT2D eigenvalue weighted by molar-refractivity contribution is 6.03. The van der Waals surface area contributed by atoms with Crippen LogP contribution in [-0.2, 0) is 0 Å². The molecule has 0 aliphatic rings. The summed E-state index contributed by atoms with van der Waals surface area (Å²) >= 11 is 0. The second-order valence-corrected chi connectivity index (χ2v) is 5.74. The lowest BCUT2D eigenvalue weighted by molar-refractivity contribution is 0.355. The molecule has 136 valence electrons. The zero-order valence-corrected chi connectivity index (χ0v) is 15.7. The minimum atomic E-state index is 0.694. The van der Waals surface area contributed by atoms with Crippen LogP contribution in [-0.4, -0.2) is 35.5 Å². The molecule has 0 spiro atoms. The maximum atomic E-state index is 5.47. The zero-order chi connectivity index (χ0) is 18.7. The van der Waals surface area contributed by atoms with E-state index in [-0.39, 0.29) is 0 Å². The molecule has 0 aromatic heterocycles. The summed E-state index contributed by atoms with van der Waals surface area (Å²) in [5.41, 5.74) is 3.10. The molecule has 3 rings (SSSR count). The Morgan fingerprint density at radius 3 is 1.88 bits per heavy atom. The van der Waals surface area contributed by atoms with Crippen LogP contribution in [0.3, 0.4) is 0 Å². The average Bonchev–Trinajstić information content (AvgIpc) is 2.70. The summed E-state index contributed by atoms with van der Waals surface area (Å²) in [6.45, 7) is 0. The van der Waals surface area contributed by atoms with Crippen LogP contribution in [0.1, 0.15) is 0 Å². The second-order valence-electron chi connectivity index (χ2n) is 5.74. The molecular weight excluding hydrogens is 330 g/mol. The Morgan fingerprint density at radius 1 is 0.654 bits per heavy atom. The number of nitrogens with one attached hydrogen (secondary N) is 1. The van der Waals surface area contributed by atoms with Crippen molar-refractivity contribution in [2.24, 2.45) is 0 Å². The molecule has 0 atom stereocenters. The molecule has 3 aromatic carbocycles. The first-order chi connectivity index (χ1) is 12.7. The number of rotatable bonds is 6. The summed E-state index contributed by atoms with van der Waals surface area (Å²) in [6.07, 6.45) is 0. The molecule has 1 N–H and O–H groups in total. The maximum absolute atomic E-state index is 5.47. The fourth-order valence-corrected chi connectivity index (χ4v) is 3.16. The Hall–Kier alpha value is -3.08.